The number of carbonyl (C=O) groups excluding carboxylic acids is 3. The fourth-order valence-electron chi connectivity index (χ4n) is 4.60. The second-order valence-electron chi connectivity index (χ2n) is 8.83. The highest BCUT2D eigenvalue weighted by atomic mass is 19.1. The molecule has 10 heteroatoms. The first-order valence-electron chi connectivity index (χ1n) is 12.1. The number of anilines is 1. The van der Waals surface area contributed by atoms with Crippen LogP contribution in [0.1, 0.15) is 31.1 Å². The first-order chi connectivity index (χ1) is 17.0. The maximum Gasteiger partial charge on any atom is 0.309 e. The number of likely N-dealkylation sites (tertiary alicyclic amines) is 1. The summed E-state index contributed by atoms with van der Waals surface area (Å²) in [6.07, 6.45) is 3.67. The maximum absolute atomic E-state index is 13.2. The molecule has 1 unspecified atom stereocenters. The molecule has 4 rings (SSSR count). The summed E-state index contributed by atoms with van der Waals surface area (Å²) in [5.41, 5.74) is 0.972. The van der Waals surface area contributed by atoms with Crippen LogP contribution in [0, 0.1) is 5.82 Å². The Morgan fingerprint density at radius 1 is 1.00 bits per heavy atom. The molecule has 0 bridgehead atoms. The van der Waals surface area contributed by atoms with Crippen molar-refractivity contribution in [3.05, 3.63) is 54.2 Å². The lowest BCUT2D eigenvalue weighted by Gasteiger charge is -2.39. The normalized spacial score (nSPS) is 17.5. The van der Waals surface area contributed by atoms with E-state index in [9.17, 15) is 18.8 Å². The summed E-state index contributed by atoms with van der Waals surface area (Å²) >= 11 is 0. The van der Waals surface area contributed by atoms with Crippen molar-refractivity contribution in [3.8, 4) is 0 Å². The van der Waals surface area contributed by atoms with Gasteiger partial charge in [-0.1, -0.05) is 0 Å². The molecule has 1 aromatic carbocycles. The monoisotopic (exact) mass is 485 g/mol. The first kappa shape index (κ1) is 24.7. The molecular weight excluding hydrogens is 453 g/mol. The predicted molar refractivity (Wildman–Crippen MR) is 128 cm³/mol. The molecule has 2 aromatic rings. The van der Waals surface area contributed by atoms with Crippen molar-refractivity contribution in [1.82, 2.24) is 20.4 Å². The number of nitrogens with zero attached hydrogens (tertiary/aromatic N) is 3. The number of hydrogen-bond acceptors (Lipinski definition) is 6. The highest BCUT2D eigenvalue weighted by molar-refractivity contribution is 6.35. The molecule has 35 heavy (non-hydrogen) atoms. The quantitative estimate of drug-likeness (QED) is 0.413. The maximum atomic E-state index is 13.2. The Morgan fingerprint density at radius 2 is 1.74 bits per heavy atom. The highest BCUT2D eigenvalue weighted by Gasteiger charge is 2.28. The zero-order valence-corrected chi connectivity index (χ0v) is 19.7. The van der Waals surface area contributed by atoms with E-state index < -0.39 is 11.8 Å². The minimum absolute atomic E-state index is 0.150. The predicted octanol–water partition coefficient (Wildman–Crippen LogP) is 1.53. The number of piperazine rings is 1. The molecule has 188 valence electrons. The molecule has 1 atom stereocenters. The number of carbonyl (C=O) groups is 3. The Morgan fingerprint density at radius 3 is 2.40 bits per heavy atom. The summed E-state index contributed by atoms with van der Waals surface area (Å²) in [7, 11) is 0. The fraction of sp³-hybridized carbons (Fsp3) is 0.480. The van der Waals surface area contributed by atoms with Crippen LogP contribution in [-0.2, 0) is 14.4 Å². The van der Waals surface area contributed by atoms with Gasteiger partial charge < -0.3 is 24.9 Å². The molecule has 0 spiro atoms. The first-order valence-corrected chi connectivity index (χ1v) is 12.1. The molecule has 3 heterocycles. The minimum Gasteiger partial charge on any atom is -0.468 e. The fourth-order valence-corrected chi connectivity index (χ4v) is 4.60. The van der Waals surface area contributed by atoms with E-state index in [0.717, 1.165) is 50.6 Å². The number of furan rings is 1. The van der Waals surface area contributed by atoms with Crippen molar-refractivity contribution in [1.29, 1.82) is 0 Å². The third-order valence-electron chi connectivity index (χ3n) is 6.54. The Bertz CT molecular complexity index is 990. The Hall–Kier alpha value is -3.40. The van der Waals surface area contributed by atoms with Crippen LogP contribution in [0.25, 0.3) is 0 Å². The van der Waals surface area contributed by atoms with E-state index in [1.807, 2.05) is 6.07 Å². The van der Waals surface area contributed by atoms with Crippen molar-refractivity contribution in [2.45, 2.75) is 25.3 Å². The second-order valence-corrected chi connectivity index (χ2v) is 8.83. The average molecular weight is 486 g/mol. The summed E-state index contributed by atoms with van der Waals surface area (Å²) in [6.45, 7) is 4.86. The molecule has 0 aliphatic carbocycles. The number of halogens is 1. The standard InChI is InChI=1S/C25H32FN5O4/c26-19-6-8-20(9-7-19)29-13-15-30(16-14-29)21(22-4-2-17-35-22)18-28-25(34)24(33)27-10-3-12-31-11-1-5-23(31)32/h2,4,6-9,17,21H,1,3,5,10-16,18H2,(H,27,33)(H,28,34). The van der Waals surface area contributed by atoms with Gasteiger partial charge in [-0.15, -0.1) is 0 Å². The zero-order valence-electron chi connectivity index (χ0n) is 19.7. The smallest absolute Gasteiger partial charge is 0.309 e. The third kappa shape index (κ3) is 6.60. The number of rotatable bonds is 9. The van der Waals surface area contributed by atoms with E-state index >= 15 is 0 Å². The molecule has 2 N–H and O–H groups in total. The molecule has 9 nitrogen and oxygen atoms in total. The van der Waals surface area contributed by atoms with Crippen LogP contribution >= 0.6 is 0 Å². The van der Waals surface area contributed by atoms with E-state index in [4.69, 9.17) is 4.42 Å². The van der Waals surface area contributed by atoms with Crippen molar-refractivity contribution in [3.63, 3.8) is 0 Å². The molecule has 2 fully saturated rings. The van der Waals surface area contributed by atoms with Crippen LogP contribution in [0.3, 0.4) is 0 Å². The van der Waals surface area contributed by atoms with Gasteiger partial charge in [-0.25, -0.2) is 4.39 Å². The molecule has 2 saturated heterocycles. The van der Waals surface area contributed by atoms with Gasteiger partial charge in [0.1, 0.15) is 11.6 Å². The lowest BCUT2D eigenvalue weighted by atomic mass is 10.1. The van der Waals surface area contributed by atoms with Gasteiger partial charge in [0.2, 0.25) is 5.91 Å². The number of amides is 3. The number of benzene rings is 1. The summed E-state index contributed by atoms with van der Waals surface area (Å²) in [6, 6.07) is 9.92. The Balaban J connectivity index is 1.24. The molecule has 2 aliphatic heterocycles. The summed E-state index contributed by atoms with van der Waals surface area (Å²) in [5, 5.41) is 5.36. The number of hydrogen-bond donors (Lipinski definition) is 2. The molecule has 2 aliphatic rings. The van der Waals surface area contributed by atoms with E-state index in [1.54, 1.807) is 29.4 Å². The molecule has 0 saturated carbocycles. The van der Waals surface area contributed by atoms with Crippen LogP contribution in [0.2, 0.25) is 0 Å². The van der Waals surface area contributed by atoms with E-state index in [0.29, 0.717) is 25.9 Å². The van der Waals surface area contributed by atoms with Crippen LogP contribution in [-0.4, -0.2) is 79.9 Å². The van der Waals surface area contributed by atoms with Crippen LogP contribution in [0.4, 0.5) is 10.1 Å². The lowest BCUT2D eigenvalue weighted by molar-refractivity contribution is -0.139. The molecule has 0 radical (unpaired) electrons. The van der Waals surface area contributed by atoms with Gasteiger partial charge in [-0.2, -0.15) is 0 Å². The van der Waals surface area contributed by atoms with Gasteiger partial charge in [0.15, 0.2) is 0 Å². The zero-order chi connectivity index (χ0) is 24.6. The van der Waals surface area contributed by atoms with Crippen LogP contribution in [0.5, 0.6) is 0 Å². The van der Waals surface area contributed by atoms with Gasteiger partial charge in [0, 0.05) is 64.5 Å². The van der Waals surface area contributed by atoms with Crippen LogP contribution in [0.15, 0.2) is 47.1 Å². The van der Waals surface area contributed by atoms with Crippen LogP contribution < -0.4 is 15.5 Å². The summed E-state index contributed by atoms with van der Waals surface area (Å²) in [5.74, 6) is -0.764. The molecular formula is C25H32FN5O4. The van der Waals surface area contributed by atoms with Crippen molar-refractivity contribution >= 4 is 23.4 Å². The average Bonchev–Trinajstić information content (AvgIpc) is 3.55. The van der Waals surface area contributed by atoms with Crippen molar-refractivity contribution < 1.29 is 23.2 Å². The van der Waals surface area contributed by atoms with Gasteiger partial charge in [0.25, 0.3) is 0 Å². The Kier molecular flexibility index (Phi) is 8.36. The van der Waals surface area contributed by atoms with Crippen molar-refractivity contribution in [2.24, 2.45) is 0 Å². The van der Waals surface area contributed by atoms with E-state index in [-0.39, 0.29) is 24.3 Å². The van der Waals surface area contributed by atoms with E-state index in [2.05, 4.69) is 20.4 Å². The third-order valence-corrected chi connectivity index (χ3v) is 6.54. The van der Waals surface area contributed by atoms with Gasteiger partial charge in [-0.05, 0) is 49.2 Å². The van der Waals surface area contributed by atoms with Gasteiger partial charge in [0.05, 0.1) is 12.3 Å². The topological polar surface area (TPSA) is 98.1 Å². The highest BCUT2D eigenvalue weighted by Crippen LogP contribution is 2.24. The van der Waals surface area contributed by atoms with Gasteiger partial charge in [-0.3, -0.25) is 19.3 Å². The lowest BCUT2D eigenvalue weighted by Crippen LogP contribution is -2.50. The minimum atomic E-state index is -0.691. The second kappa shape index (κ2) is 11.8. The van der Waals surface area contributed by atoms with Crippen molar-refractivity contribution in [2.75, 3.05) is 57.3 Å². The van der Waals surface area contributed by atoms with Gasteiger partial charge >= 0.3 is 11.8 Å². The van der Waals surface area contributed by atoms with E-state index in [1.165, 1.54) is 12.1 Å². The largest absolute Gasteiger partial charge is 0.468 e. The SMILES string of the molecule is O=C(NCCCN1CCCC1=O)C(=O)NCC(c1ccco1)N1CCN(c2ccc(F)cc2)CC1. The molecule has 1 aromatic heterocycles. The summed E-state index contributed by atoms with van der Waals surface area (Å²) in [4.78, 5) is 42.4. The molecule has 3 amide bonds. The summed E-state index contributed by atoms with van der Waals surface area (Å²) < 4.78 is 18.9. The number of nitrogens with one attached hydrogen (secondary N) is 2. The Labute approximate surface area is 204 Å².